The summed E-state index contributed by atoms with van der Waals surface area (Å²) in [6.45, 7) is 19.5. The van der Waals surface area contributed by atoms with E-state index in [1.807, 2.05) is 32.0 Å². The summed E-state index contributed by atoms with van der Waals surface area (Å²) in [5.41, 5.74) is 6.43. The van der Waals surface area contributed by atoms with Crippen LogP contribution in [0.4, 0.5) is 0 Å². The molecule has 0 atom stereocenters. The molecule has 0 aliphatic heterocycles. The Morgan fingerprint density at radius 3 is 1.47 bits per heavy atom. The molecule has 0 saturated heterocycles. The summed E-state index contributed by atoms with van der Waals surface area (Å²) in [5.74, 6) is -1.07. The maximum atomic E-state index is 12.3. The topological polar surface area (TPSA) is 78.9 Å². The summed E-state index contributed by atoms with van der Waals surface area (Å²) in [6.07, 6.45) is 0. The molecule has 0 heterocycles. The lowest BCUT2D eigenvalue weighted by atomic mass is 9.92. The van der Waals surface area contributed by atoms with Gasteiger partial charge in [0, 0.05) is 16.7 Å². The average Bonchev–Trinajstić information content (AvgIpc) is 2.86. The van der Waals surface area contributed by atoms with Gasteiger partial charge in [-0.2, -0.15) is 0 Å². The Morgan fingerprint density at radius 1 is 0.553 bits per heavy atom. The van der Waals surface area contributed by atoms with Crippen LogP contribution in [-0.2, 0) is 14.4 Å². The largest absolute Gasteiger partial charge is 0.423 e. The zero-order chi connectivity index (χ0) is 28.1. The fourth-order valence-electron chi connectivity index (χ4n) is 3.55. The van der Waals surface area contributed by atoms with Crippen LogP contribution in [0.2, 0.25) is 0 Å². The van der Waals surface area contributed by atoms with Crippen molar-refractivity contribution in [2.45, 2.75) is 34.6 Å². The highest BCUT2D eigenvalue weighted by Gasteiger charge is 2.18. The summed E-state index contributed by atoms with van der Waals surface area (Å²) < 4.78 is 16.1. The van der Waals surface area contributed by atoms with E-state index < -0.39 is 17.9 Å². The van der Waals surface area contributed by atoms with E-state index >= 15 is 0 Å². The number of hydrogen-bond acceptors (Lipinski definition) is 6. The quantitative estimate of drug-likeness (QED) is 0.183. The molecule has 6 nitrogen and oxygen atoms in total. The Kier molecular flexibility index (Phi) is 8.48. The lowest BCUT2D eigenvalue weighted by Gasteiger charge is -2.16. The molecule has 0 aromatic heterocycles. The summed E-state index contributed by atoms with van der Waals surface area (Å²) in [6, 6.07) is 16.4. The standard InChI is InChI=1S/C32H30O6/c1-18(2)30(33)36-25-12-9-23(10-13-25)26-15-22(8)27(16-21(26)7)24-11-14-28(37-31(34)19(3)4)29(17-24)38-32(35)20(5)6/h9-17H,1,3,5H2,2,4,6-8H3. The second kappa shape index (κ2) is 11.6. The number of carbonyl (C=O) groups excluding carboxylic acids is 3. The number of hydrogen-bond donors (Lipinski definition) is 0. The van der Waals surface area contributed by atoms with Crippen LogP contribution in [0.3, 0.4) is 0 Å². The van der Waals surface area contributed by atoms with Crippen molar-refractivity contribution in [3.63, 3.8) is 0 Å². The Hall–Kier alpha value is -4.71. The van der Waals surface area contributed by atoms with Crippen LogP contribution in [0.1, 0.15) is 31.9 Å². The predicted molar refractivity (Wildman–Crippen MR) is 148 cm³/mol. The SMILES string of the molecule is C=C(C)C(=O)Oc1ccc(-c2cc(C)c(-c3ccc(OC(=O)C(=C)C)c(OC(=O)C(=C)C)c3)cc2C)cc1. The second-order valence-corrected chi connectivity index (χ2v) is 9.18. The minimum Gasteiger partial charge on any atom is -0.423 e. The molecule has 0 fully saturated rings. The van der Waals surface area contributed by atoms with Crippen LogP contribution < -0.4 is 14.2 Å². The molecule has 38 heavy (non-hydrogen) atoms. The molecule has 0 amide bonds. The molecule has 3 aromatic carbocycles. The third kappa shape index (κ3) is 6.53. The van der Waals surface area contributed by atoms with Crippen molar-refractivity contribution >= 4 is 17.9 Å². The Balaban J connectivity index is 1.98. The van der Waals surface area contributed by atoms with Crippen molar-refractivity contribution in [2.24, 2.45) is 0 Å². The molecule has 6 heteroatoms. The number of esters is 3. The lowest BCUT2D eigenvalue weighted by molar-refractivity contribution is -0.132. The van der Waals surface area contributed by atoms with Crippen molar-refractivity contribution in [3.05, 3.63) is 102 Å². The van der Waals surface area contributed by atoms with Gasteiger partial charge in [-0.05, 0) is 92.3 Å². The van der Waals surface area contributed by atoms with E-state index in [0.717, 1.165) is 33.4 Å². The monoisotopic (exact) mass is 510 g/mol. The molecule has 0 N–H and O–H groups in total. The van der Waals surface area contributed by atoms with Gasteiger partial charge in [-0.3, -0.25) is 0 Å². The smallest absolute Gasteiger partial charge is 0.338 e. The molecular formula is C32H30O6. The first-order valence-electron chi connectivity index (χ1n) is 11.9. The Labute approximate surface area is 222 Å². The molecule has 0 saturated carbocycles. The fourth-order valence-corrected chi connectivity index (χ4v) is 3.55. The first-order chi connectivity index (χ1) is 17.9. The van der Waals surface area contributed by atoms with Gasteiger partial charge in [-0.25, -0.2) is 14.4 Å². The zero-order valence-electron chi connectivity index (χ0n) is 22.3. The minimum absolute atomic E-state index is 0.103. The van der Waals surface area contributed by atoms with Crippen LogP contribution in [0.15, 0.2) is 91.1 Å². The molecule has 3 aromatic rings. The average molecular weight is 511 g/mol. The van der Waals surface area contributed by atoms with Crippen molar-refractivity contribution in [1.82, 2.24) is 0 Å². The van der Waals surface area contributed by atoms with Gasteiger partial charge in [0.25, 0.3) is 0 Å². The minimum atomic E-state index is -0.629. The molecule has 0 aliphatic carbocycles. The molecule has 0 radical (unpaired) electrons. The summed E-state index contributed by atoms with van der Waals surface area (Å²) in [5, 5.41) is 0. The molecular weight excluding hydrogens is 480 g/mol. The van der Waals surface area contributed by atoms with E-state index in [-0.39, 0.29) is 22.6 Å². The van der Waals surface area contributed by atoms with Crippen molar-refractivity contribution in [2.75, 3.05) is 0 Å². The van der Waals surface area contributed by atoms with Gasteiger partial charge in [-0.1, -0.05) is 50.1 Å². The molecule has 0 unspecified atom stereocenters. The van der Waals surface area contributed by atoms with Crippen LogP contribution in [0, 0.1) is 13.8 Å². The molecule has 0 spiro atoms. The zero-order valence-corrected chi connectivity index (χ0v) is 22.3. The van der Waals surface area contributed by atoms with Crippen molar-refractivity contribution in [3.8, 4) is 39.5 Å². The van der Waals surface area contributed by atoms with Crippen molar-refractivity contribution in [1.29, 1.82) is 0 Å². The van der Waals surface area contributed by atoms with Gasteiger partial charge < -0.3 is 14.2 Å². The highest BCUT2D eigenvalue weighted by Crippen LogP contribution is 2.37. The highest BCUT2D eigenvalue weighted by molar-refractivity contribution is 5.92. The number of ether oxygens (including phenoxy) is 3. The third-order valence-corrected chi connectivity index (χ3v) is 5.65. The fraction of sp³-hybridized carbons (Fsp3) is 0.156. The predicted octanol–water partition coefficient (Wildman–Crippen LogP) is 7.08. The molecule has 0 bridgehead atoms. The number of carbonyl (C=O) groups is 3. The van der Waals surface area contributed by atoms with Gasteiger partial charge in [0.05, 0.1) is 0 Å². The summed E-state index contributed by atoms with van der Waals surface area (Å²) in [7, 11) is 0. The molecule has 3 rings (SSSR count). The highest BCUT2D eigenvalue weighted by atomic mass is 16.6. The lowest BCUT2D eigenvalue weighted by Crippen LogP contribution is -2.12. The maximum Gasteiger partial charge on any atom is 0.338 e. The van der Waals surface area contributed by atoms with E-state index in [0.29, 0.717) is 11.3 Å². The molecule has 0 aliphatic rings. The van der Waals surface area contributed by atoms with Crippen LogP contribution in [0.5, 0.6) is 17.2 Å². The number of aryl methyl sites for hydroxylation is 2. The van der Waals surface area contributed by atoms with Gasteiger partial charge in [0.15, 0.2) is 11.5 Å². The summed E-state index contributed by atoms with van der Waals surface area (Å²) >= 11 is 0. The van der Waals surface area contributed by atoms with E-state index in [2.05, 4.69) is 25.8 Å². The van der Waals surface area contributed by atoms with E-state index in [4.69, 9.17) is 14.2 Å². The van der Waals surface area contributed by atoms with Gasteiger partial charge in [0.2, 0.25) is 0 Å². The normalized spacial score (nSPS) is 10.3. The van der Waals surface area contributed by atoms with Gasteiger partial charge >= 0.3 is 17.9 Å². The van der Waals surface area contributed by atoms with Crippen LogP contribution in [-0.4, -0.2) is 17.9 Å². The van der Waals surface area contributed by atoms with E-state index in [1.54, 1.807) is 37.3 Å². The number of rotatable bonds is 8. The third-order valence-electron chi connectivity index (χ3n) is 5.65. The van der Waals surface area contributed by atoms with Crippen molar-refractivity contribution < 1.29 is 28.6 Å². The number of benzene rings is 3. The maximum absolute atomic E-state index is 12.3. The Bertz CT molecular complexity index is 1470. The van der Waals surface area contributed by atoms with Crippen LogP contribution in [0.25, 0.3) is 22.3 Å². The second-order valence-electron chi connectivity index (χ2n) is 9.18. The first kappa shape index (κ1) is 27.9. The van der Waals surface area contributed by atoms with Gasteiger partial charge in [0.1, 0.15) is 5.75 Å². The first-order valence-corrected chi connectivity index (χ1v) is 11.9. The summed E-state index contributed by atoms with van der Waals surface area (Å²) in [4.78, 5) is 36.1. The van der Waals surface area contributed by atoms with Crippen LogP contribution >= 0.6 is 0 Å². The van der Waals surface area contributed by atoms with Gasteiger partial charge in [-0.15, -0.1) is 0 Å². The van der Waals surface area contributed by atoms with E-state index in [1.165, 1.54) is 13.8 Å². The van der Waals surface area contributed by atoms with E-state index in [9.17, 15) is 14.4 Å². The molecule has 194 valence electrons. The Morgan fingerprint density at radius 2 is 0.974 bits per heavy atom.